The summed E-state index contributed by atoms with van der Waals surface area (Å²) < 4.78 is 5.38. The molecule has 0 bridgehead atoms. The van der Waals surface area contributed by atoms with E-state index in [1.54, 1.807) is 0 Å². The highest BCUT2D eigenvalue weighted by atomic mass is 16.6. The van der Waals surface area contributed by atoms with Crippen LogP contribution in [0.2, 0.25) is 0 Å². The predicted octanol–water partition coefficient (Wildman–Crippen LogP) is 5.08. The van der Waals surface area contributed by atoms with Crippen molar-refractivity contribution in [3.05, 3.63) is 29.3 Å². The fraction of sp³-hybridized carbons (Fsp3) is 0.632. The number of ether oxygens (including phenoxy) is 1. The molecule has 3 nitrogen and oxygen atoms in total. The van der Waals surface area contributed by atoms with Crippen molar-refractivity contribution in [1.29, 1.82) is 0 Å². The van der Waals surface area contributed by atoms with Gasteiger partial charge in [0.15, 0.2) is 0 Å². The Balaban J connectivity index is 1.76. The number of nitrogens with one attached hydrogen (secondary N) is 1. The molecule has 1 aromatic rings. The molecular formula is C19H27NO2. The first-order valence-electron chi connectivity index (χ1n) is 8.48. The van der Waals surface area contributed by atoms with E-state index in [1.807, 2.05) is 26.8 Å². The minimum absolute atomic E-state index is 0.359. The highest BCUT2D eigenvalue weighted by molar-refractivity contribution is 5.86. The monoisotopic (exact) mass is 301 g/mol. The largest absolute Gasteiger partial charge is 0.444 e. The molecule has 0 atom stereocenters. The molecular weight excluding hydrogens is 274 g/mol. The number of carbonyl (C=O) groups is 1. The number of amides is 1. The van der Waals surface area contributed by atoms with Crippen molar-refractivity contribution in [1.82, 2.24) is 0 Å². The fourth-order valence-electron chi connectivity index (χ4n) is 4.06. The Hall–Kier alpha value is -1.51. The second kappa shape index (κ2) is 5.60. The lowest BCUT2D eigenvalue weighted by molar-refractivity contribution is 0.0635. The lowest BCUT2D eigenvalue weighted by atomic mass is 9.70. The van der Waals surface area contributed by atoms with E-state index in [0.29, 0.717) is 5.41 Å². The minimum Gasteiger partial charge on any atom is -0.444 e. The zero-order chi connectivity index (χ0) is 15.8. The molecule has 0 aliphatic heterocycles. The molecule has 1 saturated carbocycles. The van der Waals surface area contributed by atoms with E-state index >= 15 is 0 Å². The third-order valence-electron chi connectivity index (χ3n) is 5.04. The smallest absolute Gasteiger partial charge is 0.412 e. The molecule has 1 amide bonds. The maximum absolute atomic E-state index is 12.0. The molecule has 0 unspecified atom stereocenters. The van der Waals surface area contributed by atoms with Gasteiger partial charge in [-0.25, -0.2) is 4.79 Å². The van der Waals surface area contributed by atoms with Crippen LogP contribution in [-0.2, 0) is 17.6 Å². The van der Waals surface area contributed by atoms with Crippen molar-refractivity contribution in [3.8, 4) is 0 Å². The van der Waals surface area contributed by atoms with Crippen molar-refractivity contribution in [2.75, 3.05) is 5.32 Å². The van der Waals surface area contributed by atoms with Crippen LogP contribution < -0.4 is 5.32 Å². The van der Waals surface area contributed by atoms with E-state index in [9.17, 15) is 4.79 Å². The molecule has 1 spiro atoms. The Labute approximate surface area is 133 Å². The minimum atomic E-state index is -0.465. The molecule has 0 heterocycles. The highest BCUT2D eigenvalue weighted by Gasteiger charge is 2.37. The molecule has 3 heteroatoms. The Bertz CT molecular complexity index is 565. The van der Waals surface area contributed by atoms with Gasteiger partial charge < -0.3 is 4.74 Å². The van der Waals surface area contributed by atoms with Gasteiger partial charge in [0.1, 0.15) is 5.60 Å². The molecule has 2 aliphatic carbocycles. The van der Waals surface area contributed by atoms with Crippen LogP contribution in [0.4, 0.5) is 10.5 Å². The SMILES string of the molecule is CC(C)(C)OC(=O)Nc1cccc2c1CCC1(CCCC1)C2. The number of hydrogen-bond donors (Lipinski definition) is 1. The normalized spacial score (nSPS) is 19.8. The second-order valence-corrected chi connectivity index (χ2v) is 7.95. The van der Waals surface area contributed by atoms with Crippen LogP contribution in [-0.4, -0.2) is 11.7 Å². The van der Waals surface area contributed by atoms with Gasteiger partial charge in [-0.2, -0.15) is 0 Å². The summed E-state index contributed by atoms with van der Waals surface area (Å²) in [6.07, 6.45) is 8.64. The van der Waals surface area contributed by atoms with Crippen molar-refractivity contribution in [2.24, 2.45) is 5.41 Å². The van der Waals surface area contributed by atoms with E-state index in [-0.39, 0.29) is 6.09 Å². The zero-order valence-electron chi connectivity index (χ0n) is 14.0. The van der Waals surface area contributed by atoms with Crippen molar-refractivity contribution < 1.29 is 9.53 Å². The van der Waals surface area contributed by atoms with Crippen LogP contribution in [0.3, 0.4) is 0 Å². The van der Waals surface area contributed by atoms with Crippen LogP contribution in [0.15, 0.2) is 18.2 Å². The average molecular weight is 301 g/mol. The number of anilines is 1. The summed E-state index contributed by atoms with van der Waals surface area (Å²) in [6, 6.07) is 6.28. The van der Waals surface area contributed by atoms with Crippen LogP contribution >= 0.6 is 0 Å². The molecule has 1 aromatic carbocycles. The van der Waals surface area contributed by atoms with Gasteiger partial charge in [0.25, 0.3) is 0 Å². The van der Waals surface area contributed by atoms with E-state index < -0.39 is 5.60 Å². The summed E-state index contributed by atoms with van der Waals surface area (Å²) in [5.41, 5.74) is 3.73. The van der Waals surface area contributed by atoms with Gasteiger partial charge in [-0.15, -0.1) is 0 Å². The van der Waals surface area contributed by atoms with E-state index in [1.165, 1.54) is 49.7 Å². The first-order chi connectivity index (χ1) is 10.4. The first kappa shape index (κ1) is 15.4. The lowest BCUT2D eigenvalue weighted by Gasteiger charge is -2.35. The maximum Gasteiger partial charge on any atom is 0.412 e. The van der Waals surface area contributed by atoms with Gasteiger partial charge in [-0.1, -0.05) is 25.0 Å². The zero-order valence-corrected chi connectivity index (χ0v) is 14.0. The molecule has 120 valence electrons. The van der Waals surface area contributed by atoms with Gasteiger partial charge in [0.05, 0.1) is 0 Å². The molecule has 2 aliphatic rings. The maximum atomic E-state index is 12.0. The Kier molecular flexibility index (Phi) is 3.92. The predicted molar refractivity (Wildman–Crippen MR) is 89.2 cm³/mol. The standard InChI is InChI=1S/C19H27NO2/c1-18(2,3)22-17(21)20-16-8-6-7-14-13-19(10-4-5-11-19)12-9-15(14)16/h6-8H,4-5,9-13H2,1-3H3,(H,20,21). The van der Waals surface area contributed by atoms with E-state index in [0.717, 1.165) is 12.1 Å². The highest BCUT2D eigenvalue weighted by Crippen LogP contribution is 2.48. The van der Waals surface area contributed by atoms with Gasteiger partial charge in [0, 0.05) is 5.69 Å². The molecule has 1 fully saturated rings. The number of benzene rings is 1. The fourth-order valence-corrected chi connectivity index (χ4v) is 4.06. The van der Waals surface area contributed by atoms with Crippen molar-refractivity contribution in [3.63, 3.8) is 0 Å². The van der Waals surface area contributed by atoms with E-state index in [4.69, 9.17) is 4.74 Å². The van der Waals surface area contributed by atoms with E-state index in [2.05, 4.69) is 17.4 Å². The van der Waals surface area contributed by atoms with Crippen LogP contribution in [0.25, 0.3) is 0 Å². The average Bonchev–Trinajstić information content (AvgIpc) is 2.84. The summed E-state index contributed by atoms with van der Waals surface area (Å²) >= 11 is 0. The number of rotatable bonds is 1. The third-order valence-corrected chi connectivity index (χ3v) is 5.04. The molecule has 22 heavy (non-hydrogen) atoms. The first-order valence-corrected chi connectivity index (χ1v) is 8.48. The van der Waals surface area contributed by atoms with Gasteiger partial charge in [-0.3, -0.25) is 5.32 Å². The van der Waals surface area contributed by atoms with Gasteiger partial charge in [-0.05, 0) is 75.5 Å². The Morgan fingerprint density at radius 3 is 2.59 bits per heavy atom. The second-order valence-electron chi connectivity index (χ2n) is 7.95. The topological polar surface area (TPSA) is 38.3 Å². The number of fused-ring (bicyclic) bond motifs is 1. The molecule has 0 radical (unpaired) electrons. The quantitative estimate of drug-likeness (QED) is 0.785. The summed E-state index contributed by atoms with van der Waals surface area (Å²) in [4.78, 5) is 12.0. The molecule has 3 rings (SSSR count). The summed E-state index contributed by atoms with van der Waals surface area (Å²) in [5, 5.41) is 2.94. The summed E-state index contributed by atoms with van der Waals surface area (Å²) in [5.74, 6) is 0. The Morgan fingerprint density at radius 1 is 1.18 bits per heavy atom. The summed E-state index contributed by atoms with van der Waals surface area (Å²) in [7, 11) is 0. The lowest BCUT2D eigenvalue weighted by Crippen LogP contribution is -2.29. The van der Waals surface area contributed by atoms with Crippen molar-refractivity contribution in [2.45, 2.75) is 71.3 Å². The molecule has 0 saturated heterocycles. The molecule has 1 N–H and O–H groups in total. The van der Waals surface area contributed by atoms with Crippen LogP contribution in [0.5, 0.6) is 0 Å². The number of carbonyl (C=O) groups excluding carboxylic acids is 1. The van der Waals surface area contributed by atoms with Crippen LogP contribution in [0.1, 0.15) is 64.0 Å². The van der Waals surface area contributed by atoms with Crippen molar-refractivity contribution >= 4 is 11.8 Å². The van der Waals surface area contributed by atoms with Crippen LogP contribution in [0, 0.1) is 5.41 Å². The Morgan fingerprint density at radius 2 is 1.91 bits per heavy atom. The molecule has 0 aromatic heterocycles. The van der Waals surface area contributed by atoms with Gasteiger partial charge in [0.2, 0.25) is 0 Å². The third kappa shape index (κ3) is 3.29. The number of hydrogen-bond acceptors (Lipinski definition) is 2. The summed E-state index contributed by atoms with van der Waals surface area (Å²) in [6.45, 7) is 5.66. The van der Waals surface area contributed by atoms with Gasteiger partial charge >= 0.3 is 6.09 Å².